The molecule has 3 fully saturated rings. The smallest absolute Gasteiger partial charge is 0.253 e. The first kappa shape index (κ1) is 18.5. The maximum absolute atomic E-state index is 13.2. The molecule has 4 rings (SSSR count). The van der Waals surface area contributed by atoms with Gasteiger partial charge in [-0.2, -0.15) is 0 Å². The molecule has 0 spiro atoms. The number of carbonyl (C=O) groups excluding carboxylic acids is 2. The molecule has 3 aliphatic rings. The molecule has 0 radical (unpaired) electrons. The van der Waals surface area contributed by atoms with Crippen molar-refractivity contribution in [3.05, 3.63) is 35.6 Å². The number of halogens is 1. The van der Waals surface area contributed by atoms with Gasteiger partial charge < -0.3 is 9.80 Å². The highest BCUT2D eigenvalue weighted by Gasteiger charge is 2.41. The van der Waals surface area contributed by atoms with Crippen molar-refractivity contribution in [1.29, 1.82) is 0 Å². The van der Waals surface area contributed by atoms with Crippen molar-refractivity contribution in [1.82, 2.24) is 9.80 Å². The van der Waals surface area contributed by atoms with Gasteiger partial charge in [0, 0.05) is 36.7 Å². The third-order valence-corrected chi connectivity index (χ3v) is 6.39. The number of benzene rings is 1. The van der Waals surface area contributed by atoms with Crippen LogP contribution in [0.4, 0.5) is 4.39 Å². The van der Waals surface area contributed by atoms with Crippen molar-refractivity contribution in [2.24, 2.45) is 5.92 Å². The molecule has 0 aromatic heterocycles. The molecule has 5 heteroatoms. The quantitative estimate of drug-likeness (QED) is 0.801. The molecule has 2 saturated carbocycles. The third-order valence-electron chi connectivity index (χ3n) is 6.39. The summed E-state index contributed by atoms with van der Waals surface area (Å²) in [6.07, 6.45) is 9.89. The lowest BCUT2D eigenvalue weighted by Gasteiger charge is -2.39. The predicted octanol–water partition coefficient (Wildman–Crippen LogP) is 4.00. The van der Waals surface area contributed by atoms with Crippen LogP contribution in [0.5, 0.6) is 0 Å². The highest BCUT2D eigenvalue weighted by atomic mass is 19.1. The van der Waals surface area contributed by atoms with E-state index in [9.17, 15) is 14.0 Å². The number of hydrogen-bond donors (Lipinski definition) is 0. The minimum absolute atomic E-state index is 0.0461. The molecule has 1 heterocycles. The fourth-order valence-corrected chi connectivity index (χ4v) is 4.69. The van der Waals surface area contributed by atoms with Gasteiger partial charge in [-0.15, -0.1) is 0 Å². The molecule has 1 aromatic rings. The summed E-state index contributed by atoms with van der Waals surface area (Å²) in [6.45, 7) is 1.21. The van der Waals surface area contributed by atoms with Crippen LogP contribution >= 0.6 is 0 Å². The minimum atomic E-state index is -0.335. The number of carbonyl (C=O) groups is 2. The highest BCUT2D eigenvalue weighted by molar-refractivity contribution is 5.94. The fraction of sp³-hybridized carbons (Fsp3) is 0.636. The number of piperidine rings is 1. The number of amides is 2. The maximum atomic E-state index is 13.2. The van der Waals surface area contributed by atoms with Crippen molar-refractivity contribution in [2.45, 2.75) is 69.9 Å². The summed E-state index contributed by atoms with van der Waals surface area (Å²) in [5.41, 5.74) is 0.517. The van der Waals surface area contributed by atoms with Gasteiger partial charge in [-0.25, -0.2) is 4.39 Å². The van der Waals surface area contributed by atoms with Gasteiger partial charge in [-0.3, -0.25) is 9.59 Å². The monoisotopic (exact) mass is 372 g/mol. The molecule has 0 N–H and O–H groups in total. The van der Waals surface area contributed by atoms with Gasteiger partial charge in [-0.1, -0.05) is 19.3 Å². The Hall–Kier alpha value is -1.91. The van der Waals surface area contributed by atoms with E-state index in [1.54, 1.807) is 4.90 Å². The van der Waals surface area contributed by atoms with Crippen LogP contribution in [0.1, 0.15) is 68.1 Å². The van der Waals surface area contributed by atoms with Gasteiger partial charge >= 0.3 is 0 Å². The topological polar surface area (TPSA) is 40.6 Å². The molecule has 1 saturated heterocycles. The van der Waals surface area contributed by atoms with Crippen molar-refractivity contribution in [3.63, 3.8) is 0 Å². The Bertz CT molecular complexity index is 672. The Labute approximate surface area is 160 Å². The van der Waals surface area contributed by atoms with E-state index in [-0.39, 0.29) is 17.6 Å². The Balaban J connectivity index is 1.35. The number of hydrogen-bond acceptors (Lipinski definition) is 2. The van der Waals surface area contributed by atoms with Crippen LogP contribution in [-0.2, 0) is 4.79 Å². The van der Waals surface area contributed by atoms with E-state index in [1.165, 1.54) is 43.5 Å². The van der Waals surface area contributed by atoms with Crippen LogP contribution in [0.3, 0.4) is 0 Å². The van der Waals surface area contributed by atoms with E-state index >= 15 is 0 Å². The normalized spacial score (nSPS) is 21.9. The largest absolute Gasteiger partial charge is 0.339 e. The molecule has 1 aromatic carbocycles. The lowest BCUT2D eigenvalue weighted by atomic mass is 9.90. The van der Waals surface area contributed by atoms with Crippen LogP contribution in [0.15, 0.2) is 24.3 Å². The molecule has 0 atom stereocenters. The summed E-state index contributed by atoms with van der Waals surface area (Å²) in [5, 5.41) is 0. The number of nitrogens with zero attached hydrogens (tertiary/aromatic N) is 2. The zero-order valence-electron chi connectivity index (χ0n) is 15.9. The molecule has 1 aliphatic heterocycles. The number of likely N-dealkylation sites (tertiary alicyclic amines) is 1. The van der Waals surface area contributed by atoms with Crippen LogP contribution in [0, 0.1) is 11.7 Å². The standard InChI is InChI=1S/C22H29FN2O2/c23-18-8-6-16(7-9-18)21(26)24-14-12-17(13-15-24)22(27)25(20-10-11-20)19-4-2-1-3-5-19/h6-9,17,19-20H,1-5,10-15H2. The van der Waals surface area contributed by atoms with Gasteiger partial charge in [0.05, 0.1) is 0 Å². The SMILES string of the molecule is O=C(c1ccc(F)cc1)N1CCC(C(=O)N(C2CCCCC2)C2CC2)CC1. The highest BCUT2D eigenvalue weighted by Crippen LogP contribution is 2.36. The Morgan fingerprint density at radius 3 is 2.04 bits per heavy atom. The molecule has 0 unspecified atom stereocenters. The zero-order chi connectivity index (χ0) is 18.8. The summed E-state index contributed by atoms with van der Waals surface area (Å²) in [6, 6.07) is 6.62. The zero-order valence-corrected chi connectivity index (χ0v) is 15.9. The molecule has 2 amide bonds. The second-order valence-corrected chi connectivity index (χ2v) is 8.34. The van der Waals surface area contributed by atoms with E-state index in [1.807, 2.05) is 0 Å². The van der Waals surface area contributed by atoms with Gasteiger partial charge in [0.1, 0.15) is 5.82 Å². The Kier molecular flexibility index (Phi) is 5.46. The van der Waals surface area contributed by atoms with Crippen molar-refractivity contribution in [2.75, 3.05) is 13.1 Å². The van der Waals surface area contributed by atoms with Crippen molar-refractivity contribution >= 4 is 11.8 Å². The maximum Gasteiger partial charge on any atom is 0.253 e. The first-order chi connectivity index (χ1) is 13.1. The summed E-state index contributed by atoms with van der Waals surface area (Å²) in [4.78, 5) is 29.9. The van der Waals surface area contributed by atoms with Crippen LogP contribution in [0.25, 0.3) is 0 Å². The van der Waals surface area contributed by atoms with Crippen molar-refractivity contribution < 1.29 is 14.0 Å². The van der Waals surface area contributed by atoms with E-state index in [0.29, 0.717) is 36.6 Å². The summed E-state index contributed by atoms with van der Waals surface area (Å²) < 4.78 is 13.1. The van der Waals surface area contributed by atoms with Gasteiger partial charge in [0.25, 0.3) is 5.91 Å². The van der Waals surface area contributed by atoms with Crippen LogP contribution in [0.2, 0.25) is 0 Å². The average Bonchev–Trinajstić information content (AvgIpc) is 3.54. The van der Waals surface area contributed by atoms with Crippen LogP contribution < -0.4 is 0 Å². The fourth-order valence-electron chi connectivity index (χ4n) is 4.69. The van der Waals surface area contributed by atoms with E-state index in [4.69, 9.17) is 0 Å². The molecule has 27 heavy (non-hydrogen) atoms. The van der Waals surface area contributed by atoms with E-state index in [2.05, 4.69) is 4.90 Å². The lowest BCUT2D eigenvalue weighted by molar-refractivity contribution is -0.140. The van der Waals surface area contributed by atoms with Crippen molar-refractivity contribution in [3.8, 4) is 0 Å². The van der Waals surface area contributed by atoms with Crippen LogP contribution in [-0.4, -0.2) is 46.8 Å². The molecule has 0 bridgehead atoms. The van der Waals surface area contributed by atoms with E-state index < -0.39 is 0 Å². The first-order valence-electron chi connectivity index (χ1n) is 10.5. The van der Waals surface area contributed by atoms with Gasteiger partial charge in [0.15, 0.2) is 0 Å². The summed E-state index contributed by atoms with van der Waals surface area (Å²) in [7, 11) is 0. The molecule has 2 aliphatic carbocycles. The molecular weight excluding hydrogens is 343 g/mol. The van der Waals surface area contributed by atoms with Gasteiger partial charge in [0.2, 0.25) is 5.91 Å². The molecule has 146 valence electrons. The number of rotatable bonds is 4. The summed E-state index contributed by atoms with van der Waals surface area (Å²) in [5.74, 6) is -0.0194. The lowest BCUT2D eigenvalue weighted by Crippen LogP contribution is -2.49. The minimum Gasteiger partial charge on any atom is -0.339 e. The molecule has 4 nitrogen and oxygen atoms in total. The Morgan fingerprint density at radius 1 is 0.852 bits per heavy atom. The second-order valence-electron chi connectivity index (χ2n) is 8.34. The van der Waals surface area contributed by atoms with E-state index in [0.717, 1.165) is 38.5 Å². The second kappa shape index (κ2) is 7.99. The average molecular weight is 372 g/mol. The first-order valence-corrected chi connectivity index (χ1v) is 10.5. The van der Waals surface area contributed by atoms with Gasteiger partial charge in [-0.05, 0) is 62.8 Å². The molecular formula is C22H29FN2O2. The predicted molar refractivity (Wildman–Crippen MR) is 102 cm³/mol. The third kappa shape index (κ3) is 4.17. The Morgan fingerprint density at radius 2 is 1.44 bits per heavy atom. The summed E-state index contributed by atoms with van der Waals surface area (Å²) >= 11 is 0.